The molecule has 2 aromatic heterocycles. The van der Waals surface area contributed by atoms with Crippen molar-refractivity contribution in [3.63, 3.8) is 0 Å². The topological polar surface area (TPSA) is 0 Å². The Labute approximate surface area is 144 Å². The minimum absolute atomic E-state index is 1.33. The molecule has 0 N–H and O–H groups in total. The maximum atomic E-state index is 5.06. The second-order valence-corrected chi connectivity index (χ2v) is 48.6. The van der Waals surface area contributed by atoms with Crippen LogP contribution in [0.2, 0.25) is 0 Å². The summed E-state index contributed by atoms with van der Waals surface area (Å²) in [5, 5.41) is 3.53. The van der Waals surface area contributed by atoms with Crippen molar-refractivity contribution in [1.82, 2.24) is 0 Å². The van der Waals surface area contributed by atoms with Gasteiger partial charge in [0.05, 0.1) is 4.70 Å². The van der Waals surface area contributed by atoms with Gasteiger partial charge in [-0.1, -0.05) is 11.6 Å². The number of hydrogen-bond acceptors (Lipinski definition) is 1. The van der Waals surface area contributed by atoms with E-state index < -0.39 is 11.4 Å². The van der Waals surface area contributed by atoms with Crippen molar-refractivity contribution in [3.8, 4) is 0 Å². The Bertz CT molecular complexity index is 744. The molecule has 20 heavy (non-hydrogen) atoms. The molecular weight excluding hydrogens is 504 g/mol. The average Bonchev–Trinajstić information content (AvgIpc) is 2.69. The van der Waals surface area contributed by atoms with E-state index in [-0.39, 0.29) is 0 Å². The quantitative estimate of drug-likeness (QED) is 0.213. The Balaban J connectivity index is 0.000000212. The number of hydrogen-bond donors (Lipinski definition) is 0. The third-order valence-corrected chi connectivity index (χ3v) is 4.49. The molecule has 2 heterocycles. The number of halogens is 5. The van der Waals surface area contributed by atoms with E-state index in [0.29, 0.717) is 0 Å². The molecule has 0 unspecified atom stereocenters. The summed E-state index contributed by atoms with van der Waals surface area (Å²) in [6.45, 7) is 2.14. The van der Waals surface area contributed by atoms with Crippen LogP contribution < -0.4 is 0 Å². The first-order chi connectivity index (χ1) is 9.06. The molecule has 3 rings (SSSR count). The molecule has 1 aromatic carbocycles. The van der Waals surface area contributed by atoms with Gasteiger partial charge in [0.1, 0.15) is 0 Å². The SMILES string of the molecule is Cc1ccc2[s+]c3ccsc3cc2c1.[Cl][Sn-]([Cl])([Cl])([Cl])[Cl]. The molecule has 0 saturated heterocycles. The number of fused-ring (bicyclic) bond motifs is 2. The molecule has 0 bridgehead atoms. The molecular formula is C12H9Cl5S2Sn. The molecule has 3 aromatic rings. The molecule has 0 aliphatic heterocycles. The number of rotatable bonds is 0. The predicted octanol–water partition coefficient (Wildman–Crippen LogP) is 7.77. The molecule has 0 atom stereocenters. The predicted molar refractivity (Wildman–Crippen MR) is 101 cm³/mol. The van der Waals surface area contributed by atoms with E-state index >= 15 is 0 Å². The second kappa shape index (κ2) is 6.40. The normalized spacial score (nSPS) is 13.6. The fraction of sp³-hybridized carbons (Fsp3) is 0.0833. The second-order valence-electron chi connectivity index (χ2n) is 4.15. The Morgan fingerprint density at radius 3 is 2.25 bits per heavy atom. The van der Waals surface area contributed by atoms with Crippen molar-refractivity contribution in [2.75, 3.05) is 0 Å². The monoisotopic (exact) mass is 512 g/mol. The summed E-state index contributed by atoms with van der Waals surface area (Å²) in [7, 11) is 25.3. The molecule has 0 aliphatic carbocycles. The van der Waals surface area contributed by atoms with Gasteiger partial charge in [-0.25, -0.2) is 0 Å². The Kier molecular flexibility index (Phi) is 5.64. The molecule has 0 aliphatic rings. The summed E-state index contributed by atoms with van der Waals surface area (Å²) >= 11 is -0.705. The number of thiophene rings is 1. The van der Waals surface area contributed by atoms with Crippen LogP contribution in [0.25, 0.3) is 19.5 Å². The van der Waals surface area contributed by atoms with Gasteiger partial charge in [0.2, 0.25) is 20.7 Å². The number of aryl methyl sites for hydroxylation is 1. The van der Waals surface area contributed by atoms with Crippen molar-refractivity contribution in [2.24, 2.45) is 0 Å². The van der Waals surface area contributed by atoms with Crippen LogP contribution in [0.3, 0.4) is 0 Å². The summed E-state index contributed by atoms with van der Waals surface area (Å²) in [6.07, 6.45) is 0. The summed E-state index contributed by atoms with van der Waals surface area (Å²) in [6, 6.07) is 11.1. The summed E-state index contributed by atoms with van der Waals surface area (Å²) in [4.78, 5) is 0. The standard InChI is InChI=1S/C12H9S2.5ClH.Sn/c1-8-2-3-10-9(6-8)7-12-11(14-10)4-5-13-12;;;;;;/h2-7H,1H3;5*1H;/q+1;;;;;;+4/p-5. The molecule has 108 valence electrons. The first kappa shape index (κ1) is 17.6. The van der Waals surface area contributed by atoms with Gasteiger partial charge in [-0.2, -0.15) is 0 Å². The van der Waals surface area contributed by atoms with Gasteiger partial charge < -0.3 is 0 Å². The fourth-order valence-corrected chi connectivity index (χ4v) is 3.62. The maximum absolute atomic E-state index is 5.06. The fourth-order valence-electron chi connectivity index (χ4n) is 1.63. The van der Waals surface area contributed by atoms with E-state index in [1.807, 2.05) is 22.7 Å². The summed E-state index contributed by atoms with van der Waals surface area (Å²) in [5.74, 6) is 0. The van der Waals surface area contributed by atoms with Gasteiger partial charge in [0.25, 0.3) is 0 Å². The van der Waals surface area contributed by atoms with Gasteiger partial charge in [0, 0.05) is 17.5 Å². The van der Waals surface area contributed by atoms with Crippen LogP contribution in [0.1, 0.15) is 5.56 Å². The minimum atomic E-state index is -4.40. The van der Waals surface area contributed by atoms with Crippen LogP contribution in [0.5, 0.6) is 0 Å². The molecule has 8 heteroatoms. The first-order valence-corrected chi connectivity index (χ1v) is 25.2. The van der Waals surface area contributed by atoms with Gasteiger partial charge >= 0.3 is 56.0 Å². The summed E-state index contributed by atoms with van der Waals surface area (Å²) < 4.78 is 4.17. The molecule has 0 spiro atoms. The van der Waals surface area contributed by atoms with E-state index in [2.05, 4.69) is 42.6 Å². The van der Waals surface area contributed by atoms with E-state index in [4.69, 9.17) is 44.6 Å². The Morgan fingerprint density at radius 2 is 1.60 bits per heavy atom. The van der Waals surface area contributed by atoms with Crippen molar-refractivity contribution < 1.29 is 0 Å². The molecule has 0 radical (unpaired) electrons. The van der Waals surface area contributed by atoms with E-state index in [0.717, 1.165) is 0 Å². The van der Waals surface area contributed by atoms with E-state index in [1.54, 1.807) is 0 Å². The Hall–Kier alpha value is 1.26. The molecule has 0 amide bonds. The third kappa shape index (κ3) is 6.17. The third-order valence-electron chi connectivity index (χ3n) is 2.33. The van der Waals surface area contributed by atoms with Crippen molar-refractivity contribution in [2.45, 2.75) is 6.92 Å². The molecule has 0 nitrogen and oxygen atoms in total. The van der Waals surface area contributed by atoms with Gasteiger partial charge in [-0.05, 0) is 24.4 Å². The molecule has 0 fully saturated rings. The van der Waals surface area contributed by atoms with Crippen LogP contribution in [0.4, 0.5) is 0 Å². The van der Waals surface area contributed by atoms with Gasteiger partial charge in [-0.3, -0.25) is 0 Å². The summed E-state index contributed by atoms with van der Waals surface area (Å²) in [5.41, 5.74) is 1.33. The number of benzene rings is 1. The van der Waals surface area contributed by atoms with Crippen LogP contribution in [0, 0.1) is 6.92 Å². The van der Waals surface area contributed by atoms with Crippen LogP contribution in [-0.4, -0.2) is 11.4 Å². The zero-order valence-corrected chi connectivity index (χ0v) is 18.4. The van der Waals surface area contributed by atoms with Crippen molar-refractivity contribution in [1.29, 1.82) is 0 Å². The van der Waals surface area contributed by atoms with Gasteiger partial charge in [0.15, 0.2) is 0 Å². The molecule has 0 saturated carbocycles. The van der Waals surface area contributed by atoms with Crippen molar-refractivity contribution in [3.05, 3.63) is 41.3 Å². The van der Waals surface area contributed by atoms with Crippen LogP contribution in [-0.2, 0) is 0 Å². The zero-order chi connectivity index (χ0) is 15.0. The zero-order valence-electron chi connectivity index (χ0n) is 10.2. The van der Waals surface area contributed by atoms with Crippen molar-refractivity contribution >= 4 is 98.1 Å². The van der Waals surface area contributed by atoms with E-state index in [1.165, 1.54) is 25.0 Å². The average molecular weight is 513 g/mol. The van der Waals surface area contributed by atoms with E-state index in [9.17, 15) is 0 Å². The van der Waals surface area contributed by atoms with Gasteiger partial charge in [-0.15, -0.1) is 11.3 Å². The van der Waals surface area contributed by atoms with Crippen LogP contribution in [0.15, 0.2) is 35.7 Å². The Morgan fingerprint density at radius 1 is 0.950 bits per heavy atom. The van der Waals surface area contributed by atoms with Crippen LogP contribution >= 0.6 is 67.3 Å². The first-order valence-electron chi connectivity index (χ1n) is 5.48.